The molecule has 0 aromatic heterocycles. The molecule has 0 aliphatic carbocycles. The highest BCUT2D eigenvalue weighted by atomic mass is 127. The molecule has 0 fully saturated rings. The third kappa shape index (κ3) is 3.39. The maximum Gasteiger partial charge on any atom is 0.256 e. The van der Waals surface area contributed by atoms with Crippen LogP contribution in [-0.2, 0) is 0 Å². The van der Waals surface area contributed by atoms with E-state index in [1.54, 1.807) is 36.4 Å². The molecule has 0 saturated heterocycles. The molecular weight excluding hydrogens is 377 g/mol. The Hall–Kier alpha value is -1.27. The van der Waals surface area contributed by atoms with Gasteiger partial charge in [0.1, 0.15) is 5.75 Å². The zero-order valence-electron chi connectivity index (χ0n) is 10.1. The van der Waals surface area contributed by atoms with E-state index in [4.69, 9.17) is 11.6 Å². The Morgan fingerprint density at radius 1 is 1.26 bits per heavy atom. The van der Waals surface area contributed by atoms with Crippen molar-refractivity contribution in [3.8, 4) is 5.75 Å². The molecule has 98 valence electrons. The minimum absolute atomic E-state index is 0.0380. The number of rotatable bonds is 2. The third-order valence-corrected chi connectivity index (χ3v) is 3.75. The number of nitrogens with one attached hydrogen (secondary N) is 1. The zero-order valence-corrected chi connectivity index (χ0v) is 13.0. The molecule has 2 aromatic carbocycles. The van der Waals surface area contributed by atoms with Crippen LogP contribution in [-0.4, -0.2) is 11.0 Å². The van der Waals surface area contributed by atoms with Crippen molar-refractivity contribution in [3.05, 3.63) is 56.1 Å². The van der Waals surface area contributed by atoms with Gasteiger partial charge in [0.25, 0.3) is 5.91 Å². The van der Waals surface area contributed by atoms with Crippen LogP contribution in [0.2, 0.25) is 5.02 Å². The van der Waals surface area contributed by atoms with E-state index in [2.05, 4.69) is 27.9 Å². The van der Waals surface area contributed by atoms with Crippen LogP contribution in [0.5, 0.6) is 5.75 Å². The first-order chi connectivity index (χ1) is 8.97. The monoisotopic (exact) mass is 387 g/mol. The zero-order chi connectivity index (χ0) is 14.0. The molecule has 0 unspecified atom stereocenters. The van der Waals surface area contributed by atoms with Crippen LogP contribution in [0.15, 0.2) is 36.4 Å². The van der Waals surface area contributed by atoms with Crippen LogP contribution >= 0.6 is 34.2 Å². The summed E-state index contributed by atoms with van der Waals surface area (Å²) < 4.78 is 0.798. The number of hydrogen-bond donors (Lipinski definition) is 2. The highest BCUT2D eigenvalue weighted by molar-refractivity contribution is 14.1. The Bertz CT molecular complexity index is 643. The second kappa shape index (κ2) is 5.79. The van der Waals surface area contributed by atoms with Crippen molar-refractivity contribution in [2.75, 3.05) is 5.32 Å². The van der Waals surface area contributed by atoms with E-state index in [-0.39, 0.29) is 11.7 Å². The number of benzene rings is 2. The topological polar surface area (TPSA) is 49.3 Å². The smallest absolute Gasteiger partial charge is 0.256 e. The highest BCUT2D eigenvalue weighted by Crippen LogP contribution is 2.25. The summed E-state index contributed by atoms with van der Waals surface area (Å²) in [5.74, 6) is -0.260. The lowest BCUT2D eigenvalue weighted by atomic mass is 10.1. The van der Waals surface area contributed by atoms with Gasteiger partial charge in [-0.1, -0.05) is 17.7 Å². The van der Waals surface area contributed by atoms with Gasteiger partial charge in [0, 0.05) is 8.59 Å². The van der Waals surface area contributed by atoms with E-state index < -0.39 is 0 Å². The van der Waals surface area contributed by atoms with Crippen molar-refractivity contribution in [2.45, 2.75) is 6.92 Å². The van der Waals surface area contributed by atoms with Crippen LogP contribution in [0.25, 0.3) is 0 Å². The van der Waals surface area contributed by atoms with Crippen LogP contribution < -0.4 is 5.32 Å². The van der Waals surface area contributed by atoms with Gasteiger partial charge >= 0.3 is 0 Å². The average molecular weight is 388 g/mol. The molecular formula is C14H11ClINO2. The summed E-state index contributed by atoms with van der Waals surface area (Å²) in [7, 11) is 0. The summed E-state index contributed by atoms with van der Waals surface area (Å²) in [5, 5.41) is 12.9. The predicted molar refractivity (Wildman–Crippen MR) is 85.0 cm³/mol. The summed E-state index contributed by atoms with van der Waals surface area (Å²) in [5.41, 5.74) is 1.82. The molecule has 3 nitrogen and oxygen atoms in total. The lowest BCUT2D eigenvalue weighted by molar-refractivity contribution is 0.102. The van der Waals surface area contributed by atoms with E-state index in [0.717, 1.165) is 9.13 Å². The number of anilines is 1. The van der Waals surface area contributed by atoms with Crippen molar-refractivity contribution in [3.63, 3.8) is 0 Å². The molecule has 0 atom stereocenters. The first kappa shape index (κ1) is 14.1. The number of carbonyl (C=O) groups is 1. The maximum absolute atomic E-state index is 12.2. The predicted octanol–water partition coefficient (Wildman–Crippen LogP) is 4.21. The van der Waals surface area contributed by atoms with Crippen LogP contribution in [0.1, 0.15) is 15.9 Å². The molecule has 2 N–H and O–H groups in total. The van der Waals surface area contributed by atoms with Gasteiger partial charge in [0.2, 0.25) is 0 Å². The van der Waals surface area contributed by atoms with Gasteiger partial charge in [-0.3, -0.25) is 4.79 Å². The SMILES string of the molecule is Cc1ccc(O)c(NC(=O)c2cc(Cl)ccc2I)c1. The molecule has 0 aliphatic heterocycles. The molecule has 0 heterocycles. The van der Waals surface area contributed by atoms with Crippen molar-refractivity contribution in [1.29, 1.82) is 0 Å². The van der Waals surface area contributed by atoms with Gasteiger partial charge in [0.15, 0.2) is 0 Å². The van der Waals surface area contributed by atoms with Gasteiger partial charge in [-0.2, -0.15) is 0 Å². The Morgan fingerprint density at radius 2 is 2.00 bits per heavy atom. The first-order valence-corrected chi connectivity index (χ1v) is 6.99. The Balaban J connectivity index is 2.30. The van der Waals surface area contributed by atoms with Crippen molar-refractivity contribution < 1.29 is 9.90 Å². The molecule has 0 bridgehead atoms. The summed E-state index contributed by atoms with van der Waals surface area (Å²) in [6.07, 6.45) is 0. The molecule has 0 saturated carbocycles. The van der Waals surface area contributed by atoms with Gasteiger partial charge in [0.05, 0.1) is 11.3 Å². The highest BCUT2D eigenvalue weighted by Gasteiger charge is 2.12. The largest absolute Gasteiger partial charge is 0.506 e. The van der Waals surface area contributed by atoms with Gasteiger partial charge < -0.3 is 10.4 Å². The fourth-order valence-electron chi connectivity index (χ4n) is 1.61. The normalized spacial score (nSPS) is 10.3. The second-order valence-corrected chi connectivity index (χ2v) is 5.70. The van der Waals surface area contributed by atoms with E-state index in [1.807, 2.05) is 6.92 Å². The van der Waals surface area contributed by atoms with Crippen molar-refractivity contribution in [1.82, 2.24) is 0 Å². The number of aryl methyl sites for hydroxylation is 1. The number of phenols is 1. The third-order valence-electron chi connectivity index (χ3n) is 2.57. The van der Waals surface area contributed by atoms with Crippen molar-refractivity contribution >= 4 is 45.8 Å². The molecule has 0 spiro atoms. The molecule has 5 heteroatoms. The van der Waals surface area contributed by atoms with Crippen LogP contribution in [0.4, 0.5) is 5.69 Å². The number of carbonyl (C=O) groups excluding carboxylic acids is 1. The number of hydrogen-bond acceptors (Lipinski definition) is 2. The fourth-order valence-corrected chi connectivity index (χ4v) is 2.36. The molecule has 19 heavy (non-hydrogen) atoms. The Labute approximate surface area is 129 Å². The van der Waals surface area contributed by atoms with E-state index in [0.29, 0.717) is 16.3 Å². The average Bonchev–Trinajstić information content (AvgIpc) is 2.36. The Kier molecular flexibility index (Phi) is 4.31. The fraction of sp³-hybridized carbons (Fsp3) is 0.0714. The summed E-state index contributed by atoms with van der Waals surface area (Å²) in [6.45, 7) is 1.89. The van der Waals surface area contributed by atoms with Crippen LogP contribution in [0, 0.1) is 10.5 Å². The minimum Gasteiger partial charge on any atom is -0.506 e. The minimum atomic E-state index is -0.298. The lowest BCUT2D eigenvalue weighted by Gasteiger charge is -2.09. The number of amides is 1. The first-order valence-electron chi connectivity index (χ1n) is 5.53. The van der Waals surface area contributed by atoms with Gasteiger partial charge in [-0.15, -0.1) is 0 Å². The van der Waals surface area contributed by atoms with Crippen LogP contribution in [0.3, 0.4) is 0 Å². The maximum atomic E-state index is 12.2. The number of halogens is 2. The van der Waals surface area contributed by atoms with Crippen molar-refractivity contribution in [2.24, 2.45) is 0 Å². The standard InChI is InChI=1S/C14H11ClINO2/c1-8-2-5-13(18)12(6-8)17-14(19)10-7-9(15)3-4-11(10)16/h2-7,18H,1H3,(H,17,19). The van der Waals surface area contributed by atoms with E-state index in [9.17, 15) is 9.90 Å². The quantitative estimate of drug-likeness (QED) is 0.599. The number of phenolic OH excluding ortho intramolecular Hbond substituents is 1. The molecule has 2 aromatic rings. The molecule has 0 aliphatic rings. The second-order valence-electron chi connectivity index (χ2n) is 4.10. The summed E-state index contributed by atoms with van der Waals surface area (Å²) in [4.78, 5) is 12.2. The summed E-state index contributed by atoms with van der Waals surface area (Å²) in [6, 6.07) is 10.1. The molecule has 0 radical (unpaired) electrons. The number of aromatic hydroxyl groups is 1. The van der Waals surface area contributed by atoms with E-state index in [1.165, 1.54) is 0 Å². The Morgan fingerprint density at radius 3 is 2.74 bits per heavy atom. The molecule has 2 rings (SSSR count). The summed E-state index contributed by atoms with van der Waals surface area (Å²) >= 11 is 7.96. The van der Waals surface area contributed by atoms with Gasteiger partial charge in [-0.25, -0.2) is 0 Å². The lowest BCUT2D eigenvalue weighted by Crippen LogP contribution is -2.13. The van der Waals surface area contributed by atoms with Gasteiger partial charge in [-0.05, 0) is 65.4 Å². The molecule has 1 amide bonds. The van der Waals surface area contributed by atoms with E-state index >= 15 is 0 Å².